The van der Waals surface area contributed by atoms with Gasteiger partial charge in [-0.2, -0.15) is 0 Å². The summed E-state index contributed by atoms with van der Waals surface area (Å²) in [5.41, 5.74) is 0.647. The monoisotopic (exact) mass is 318 g/mol. The minimum absolute atomic E-state index is 0.0880. The molecular weight excluding hydrogens is 292 g/mol. The topological polar surface area (TPSA) is 42.0 Å². The Balaban J connectivity index is 1.84. The highest BCUT2D eigenvalue weighted by Gasteiger charge is 2.38. The lowest BCUT2D eigenvalue weighted by atomic mass is 10.0. The third-order valence-corrected chi connectivity index (χ3v) is 5.18. The van der Waals surface area contributed by atoms with Gasteiger partial charge in [-0.05, 0) is 51.4 Å². The molecule has 2 saturated heterocycles. The van der Waals surface area contributed by atoms with Gasteiger partial charge >= 0.3 is 0 Å². The van der Waals surface area contributed by atoms with Crippen molar-refractivity contribution in [3.05, 3.63) is 23.8 Å². The van der Waals surface area contributed by atoms with E-state index in [-0.39, 0.29) is 5.91 Å². The second kappa shape index (κ2) is 6.79. The van der Waals surface area contributed by atoms with E-state index in [0.29, 0.717) is 29.1 Å². The molecule has 5 nitrogen and oxygen atoms in total. The van der Waals surface area contributed by atoms with Crippen molar-refractivity contribution in [3.63, 3.8) is 0 Å². The molecule has 0 spiro atoms. The zero-order chi connectivity index (χ0) is 16.4. The minimum Gasteiger partial charge on any atom is -0.497 e. The molecule has 0 unspecified atom stereocenters. The van der Waals surface area contributed by atoms with Gasteiger partial charge in [0.2, 0.25) is 0 Å². The van der Waals surface area contributed by atoms with Crippen molar-refractivity contribution in [1.82, 2.24) is 9.80 Å². The predicted molar refractivity (Wildman–Crippen MR) is 89.3 cm³/mol. The van der Waals surface area contributed by atoms with Crippen molar-refractivity contribution in [1.29, 1.82) is 0 Å². The summed E-state index contributed by atoms with van der Waals surface area (Å²) < 4.78 is 10.6. The fourth-order valence-electron chi connectivity index (χ4n) is 3.96. The Bertz CT molecular complexity index is 553. The van der Waals surface area contributed by atoms with Crippen LogP contribution in [0.25, 0.3) is 0 Å². The molecule has 3 rings (SSSR count). The number of carbonyl (C=O) groups is 1. The highest BCUT2D eigenvalue weighted by molar-refractivity contribution is 5.95. The number of likely N-dealkylation sites (tertiary alicyclic amines) is 2. The SMILES string of the molecule is COc1cc(OC)cc(C(=O)N2CCC[C@@H]2[C@H]2CCCN2C)c1. The molecule has 0 saturated carbocycles. The van der Waals surface area contributed by atoms with Crippen LogP contribution in [0.2, 0.25) is 0 Å². The molecule has 2 aliphatic heterocycles. The molecule has 2 atom stereocenters. The van der Waals surface area contributed by atoms with Gasteiger partial charge in [-0.3, -0.25) is 4.79 Å². The quantitative estimate of drug-likeness (QED) is 0.855. The van der Waals surface area contributed by atoms with Gasteiger partial charge in [0.25, 0.3) is 5.91 Å². The fraction of sp³-hybridized carbons (Fsp3) is 0.611. The van der Waals surface area contributed by atoms with Crippen molar-refractivity contribution in [2.45, 2.75) is 37.8 Å². The first-order valence-electron chi connectivity index (χ1n) is 8.38. The Labute approximate surface area is 138 Å². The Morgan fingerprint density at radius 1 is 1.00 bits per heavy atom. The normalized spacial score (nSPS) is 24.9. The van der Waals surface area contributed by atoms with Crippen LogP contribution in [0.4, 0.5) is 0 Å². The summed E-state index contributed by atoms with van der Waals surface area (Å²) in [6.45, 7) is 1.98. The van der Waals surface area contributed by atoms with Crippen LogP contribution >= 0.6 is 0 Å². The smallest absolute Gasteiger partial charge is 0.254 e. The van der Waals surface area contributed by atoms with E-state index in [4.69, 9.17) is 9.47 Å². The molecule has 1 aromatic carbocycles. The number of ether oxygens (including phenoxy) is 2. The second-order valence-electron chi connectivity index (χ2n) is 6.50. The minimum atomic E-state index is 0.0880. The number of hydrogen-bond acceptors (Lipinski definition) is 4. The lowest BCUT2D eigenvalue weighted by molar-refractivity contribution is 0.0663. The van der Waals surface area contributed by atoms with E-state index < -0.39 is 0 Å². The molecule has 0 radical (unpaired) electrons. The molecule has 0 N–H and O–H groups in total. The first kappa shape index (κ1) is 16.1. The molecule has 1 aromatic rings. The summed E-state index contributed by atoms with van der Waals surface area (Å²) >= 11 is 0. The average Bonchev–Trinajstić information content (AvgIpc) is 3.21. The Morgan fingerprint density at radius 2 is 1.61 bits per heavy atom. The number of benzene rings is 1. The molecule has 2 fully saturated rings. The lowest BCUT2D eigenvalue weighted by Gasteiger charge is -2.33. The molecule has 5 heteroatoms. The van der Waals surface area contributed by atoms with Crippen LogP contribution in [-0.2, 0) is 0 Å². The molecular formula is C18H26N2O3. The largest absolute Gasteiger partial charge is 0.497 e. The van der Waals surface area contributed by atoms with E-state index in [1.165, 1.54) is 12.8 Å². The number of amides is 1. The molecule has 2 heterocycles. The van der Waals surface area contributed by atoms with E-state index in [2.05, 4.69) is 16.8 Å². The van der Waals surface area contributed by atoms with Crippen LogP contribution < -0.4 is 9.47 Å². The number of rotatable bonds is 4. The summed E-state index contributed by atoms with van der Waals surface area (Å²) in [5.74, 6) is 1.40. The standard InChI is InChI=1S/C18H26N2O3/c1-19-8-4-6-16(19)17-7-5-9-20(17)18(21)13-10-14(22-2)12-15(11-13)23-3/h10-12,16-17H,4-9H2,1-3H3/t16-,17-/m1/s1. The van der Waals surface area contributed by atoms with Crippen molar-refractivity contribution in [2.24, 2.45) is 0 Å². The second-order valence-corrected chi connectivity index (χ2v) is 6.50. The van der Waals surface area contributed by atoms with E-state index >= 15 is 0 Å². The van der Waals surface area contributed by atoms with Gasteiger partial charge in [-0.1, -0.05) is 0 Å². The summed E-state index contributed by atoms with van der Waals surface area (Å²) in [5, 5.41) is 0. The van der Waals surface area contributed by atoms with E-state index in [9.17, 15) is 4.79 Å². The first-order chi connectivity index (χ1) is 11.1. The Morgan fingerprint density at radius 3 is 2.17 bits per heavy atom. The maximum atomic E-state index is 13.1. The van der Waals surface area contributed by atoms with Gasteiger partial charge in [-0.25, -0.2) is 0 Å². The number of methoxy groups -OCH3 is 2. The van der Waals surface area contributed by atoms with Gasteiger partial charge in [0.15, 0.2) is 0 Å². The van der Waals surface area contributed by atoms with Gasteiger partial charge in [0.1, 0.15) is 11.5 Å². The lowest BCUT2D eigenvalue weighted by Crippen LogP contribution is -2.47. The number of hydrogen-bond donors (Lipinski definition) is 0. The summed E-state index contributed by atoms with van der Waals surface area (Å²) in [6, 6.07) is 6.22. The Kier molecular flexibility index (Phi) is 4.76. The highest BCUT2D eigenvalue weighted by atomic mass is 16.5. The van der Waals surface area contributed by atoms with Gasteiger partial charge in [0, 0.05) is 30.3 Å². The van der Waals surface area contributed by atoms with Crippen molar-refractivity contribution in [3.8, 4) is 11.5 Å². The third kappa shape index (κ3) is 3.15. The van der Waals surface area contributed by atoms with Crippen LogP contribution in [0.1, 0.15) is 36.0 Å². The molecule has 0 aromatic heterocycles. The zero-order valence-electron chi connectivity index (χ0n) is 14.2. The zero-order valence-corrected chi connectivity index (χ0v) is 14.2. The third-order valence-electron chi connectivity index (χ3n) is 5.18. The summed E-state index contributed by atoms with van der Waals surface area (Å²) in [4.78, 5) is 17.5. The van der Waals surface area contributed by atoms with Gasteiger partial charge in [-0.15, -0.1) is 0 Å². The molecule has 23 heavy (non-hydrogen) atoms. The van der Waals surface area contributed by atoms with Crippen LogP contribution in [0.15, 0.2) is 18.2 Å². The van der Waals surface area contributed by atoms with Crippen LogP contribution in [0.3, 0.4) is 0 Å². The average molecular weight is 318 g/mol. The Hall–Kier alpha value is -1.75. The molecule has 126 valence electrons. The number of carbonyl (C=O) groups excluding carboxylic acids is 1. The maximum Gasteiger partial charge on any atom is 0.254 e. The molecule has 2 aliphatic rings. The predicted octanol–water partition coefficient (Wildman–Crippen LogP) is 2.40. The van der Waals surface area contributed by atoms with E-state index in [0.717, 1.165) is 25.9 Å². The fourth-order valence-corrected chi connectivity index (χ4v) is 3.96. The van der Waals surface area contributed by atoms with Crippen molar-refractivity contribution >= 4 is 5.91 Å². The molecule has 1 amide bonds. The highest BCUT2D eigenvalue weighted by Crippen LogP contribution is 2.31. The van der Waals surface area contributed by atoms with E-state index in [1.807, 2.05) is 0 Å². The number of nitrogens with zero attached hydrogens (tertiary/aromatic N) is 2. The molecule has 0 bridgehead atoms. The van der Waals surface area contributed by atoms with Crippen LogP contribution in [0, 0.1) is 0 Å². The molecule has 0 aliphatic carbocycles. The first-order valence-corrected chi connectivity index (χ1v) is 8.38. The van der Waals surface area contributed by atoms with Crippen molar-refractivity contribution in [2.75, 3.05) is 34.4 Å². The van der Waals surface area contributed by atoms with Gasteiger partial charge in [0.05, 0.1) is 14.2 Å². The van der Waals surface area contributed by atoms with Crippen LogP contribution in [-0.4, -0.2) is 62.1 Å². The van der Waals surface area contributed by atoms with Crippen molar-refractivity contribution < 1.29 is 14.3 Å². The van der Waals surface area contributed by atoms with E-state index in [1.54, 1.807) is 32.4 Å². The van der Waals surface area contributed by atoms with Crippen LogP contribution in [0.5, 0.6) is 11.5 Å². The number of likely N-dealkylation sites (N-methyl/N-ethyl adjacent to an activating group) is 1. The maximum absolute atomic E-state index is 13.1. The summed E-state index contributed by atoms with van der Waals surface area (Å²) in [6.07, 6.45) is 4.60. The van der Waals surface area contributed by atoms with Gasteiger partial charge < -0.3 is 19.3 Å². The summed E-state index contributed by atoms with van der Waals surface area (Å²) in [7, 11) is 5.39.